The number of nitrogens with zero attached hydrogens (tertiary/aromatic N) is 2. The molecule has 3 unspecified atom stereocenters. The molecule has 3 rings (SSSR count). The quantitative estimate of drug-likeness (QED) is 0.351. The molecule has 10 heteroatoms. The van der Waals surface area contributed by atoms with Crippen LogP contribution in [0.25, 0.3) is 0 Å². The van der Waals surface area contributed by atoms with E-state index < -0.39 is 27.8 Å². The van der Waals surface area contributed by atoms with Crippen molar-refractivity contribution in [1.29, 1.82) is 10.5 Å². The Balaban J connectivity index is 2.15. The van der Waals surface area contributed by atoms with Gasteiger partial charge in [-0.15, -0.1) is 0 Å². The fourth-order valence-electron chi connectivity index (χ4n) is 3.01. The highest BCUT2D eigenvalue weighted by Gasteiger charge is 2.38. The minimum atomic E-state index is -3.83. The highest BCUT2D eigenvalue weighted by atomic mass is 32.2. The van der Waals surface area contributed by atoms with Crippen LogP contribution in [0.1, 0.15) is 22.8 Å². The molecule has 2 aromatic carbocycles. The summed E-state index contributed by atoms with van der Waals surface area (Å²) in [5.74, 6) is -0.750. The molecule has 0 radical (unpaired) electrons. The molecule has 0 amide bonds. The van der Waals surface area contributed by atoms with E-state index in [0.29, 0.717) is 0 Å². The molecule has 0 aliphatic heterocycles. The van der Waals surface area contributed by atoms with Crippen molar-refractivity contribution in [2.24, 2.45) is 0 Å². The highest BCUT2D eigenvalue weighted by Crippen LogP contribution is 2.43. The van der Waals surface area contributed by atoms with Gasteiger partial charge in [-0.05, 0) is 24.3 Å². The van der Waals surface area contributed by atoms with Crippen LogP contribution in [-0.2, 0) is 16.1 Å². The zero-order valence-corrected chi connectivity index (χ0v) is 14.8. The van der Waals surface area contributed by atoms with Crippen LogP contribution in [-0.4, -0.2) is 21.1 Å². The van der Waals surface area contributed by atoms with Crippen molar-refractivity contribution in [2.75, 3.05) is 0 Å². The lowest BCUT2D eigenvalue weighted by atomic mass is 10.1. The van der Waals surface area contributed by atoms with Crippen molar-refractivity contribution in [3.05, 3.63) is 52.8 Å². The van der Waals surface area contributed by atoms with Gasteiger partial charge >= 0.3 is 0 Å². The molecule has 0 fully saturated rings. The first-order valence-electron chi connectivity index (χ1n) is 7.83. The average molecular weight is 407 g/mol. The van der Waals surface area contributed by atoms with E-state index in [-0.39, 0.29) is 45.1 Å². The Morgan fingerprint density at radius 3 is 2.71 bits per heavy atom. The number of ether oxygens (including phenoxy) is 1. The number of benzene rings is 2. The second kappa shape index (κ2) is 7.43. The van der Waals surface area contributed by atoms with Gasteiger partial charge in [-0.25, -0.2) is 22.1 Å². The minimum Gasteiger partial charge on any atom is -0.457 e. The van der Waals surface area contributed by atoms with Crippen molar-refractivity contribution in [3.63, 3.8) is 0 Å². The van der Waals surface area contributed by atoms with Gasteiger partial charge in [0.15, 0.2) is 11.8 Å². The van der Waals surface area contributed by atoms with E-state index in [1.165, 1.54) is 18.3 Å². The van der Waals surface area contributed by atoms with Gasteiger partial charge in [-0.1, -0.05) is 0 Å². The summed E-state index contributed by atoms with van der Waals surface area (Å²) in [7, 11) is -3.83. The lowest BCUT2D eigenvalue weighted by Gasteiger charge is -2.17. The number of alkyl halides is 1. The summed E-state index contributed by atoms with van der Waals surface area (Å²) in [6.45, 7) is 0. The number of rotatable bonds is 4. The lowest BCUT2D eigenvalue weighted by molar-refractivity contribution is 0.0907. The predicted octanol–water partition coefficient (Wildman–Crippen LogP) is 2.78. The summed E-state index contributed by atoms with van der Waals surface area (Å²) in [4.78, 5) is -0.288. The molecule has 0 aromatic heterocycles. The van der Waals surface area contributed by atoms with Crippen LogP contribution in [0.4, 0.5) is 13.2 Å². The van der Waals surface area contributed by atoms with Crippen molar-refractivity contribution in [2.45, 2.75) is 23.6 Å². The SMILES string of the molecule is N#CNS(=O)(=CF)c1ccc(Oc2cc(F)cc(C#N)c2)c2c1C(O)C(F)C2. The van der Waals surface area contributed by atoms with E-state index in [0.717, 1.165) is 18.2 Å². The van der Waals surface area contributed by atoms with Crippen molar-refractivity contribution in [1.82, 2.24) is 4.72 Å². The molecule has 6 nitrogen and oxygen atoms in total. The maximum atomic E-state index is 14.2. The van der Waals surface area contributed by atoms with E-state index >= 15 is 0 Å². The average Bonchev–Trinajstić information content (AvgIpc) is 2.97. The molecule has 2 aromatic rings. The van der Waals surface area contributed by atoms with Gasteiger partial charge in [-0.2, -0.15) is 10.5 Å². The molecule has 0 bridgehead atoms. The zero-order chi connectivity index (χ0) is 20.5. The third kappa shape index (κ3) is 3.36. The van der Waals surface area contributed by atoms with Gasteiger partial charge in [0.1, 0.15) is 39.3 Å². The summed E-state index contributed by atoms with van der Waals surface area (Å²) in [5, 5.41) is 27.8. The highest BCUT2D eigenvalue weighted by molar-refractivity contribution is 7.99. The summed E-state index contributed by atoms with van der Waals surface area (Å²) in [6, 6.07) is 7.42. The van der Waals surface area contributed by atoms with E-state index in [2.05, 4.69) is 0 Å². The number of aliphatic hydroxyl groups excluding tert-OH is 1. The smallest absolute Gasteiger partial charge is 0.189 e. The molecule has 0 spiro atoms. The third-order valence-corrected chi connectivity index (χ3v) is 5.84. The number of hydrogen-bond donors (Lipinski definition) is 2. The number of aliphatic hydroxyl groups is 1. The standard InChI is InChI=1S/C18H12F3N3O3S/c19-8-28(26,24-9-23)16-2-1-15(13-6-14(21)18(25)17(13)16)27-12-4-10(7-22)3-11(20)5-12/h1-5,8,14,18,25H,6H2,(H,24,26). The molecule has 0 heterocycles. The Morgan fingerprint density at radius 2 is 2.07 bits per heavy atom. The molecule has 2 N–H and O–H groups in total. The molecule has 0 saturated heterocycles. The van der Waals surface area contributed by atoms with Crippen LogP contribution in [0.3, 0.4) is 0 Å². The van der Waals surface area contributed by atoms with Crippen molar-refractivity contribution >= 4 is 15.3 Å². The van der Waals surface area contributed by atoms with Gasteiger partial charge in [0, 0.05) is 23.6 Å². The third-order valence-electron chi connectivity index (χ3n) is 4.19. The second-order valence-corrected chi connectivity index (χ2v) is 7.94. The van der Waals surface area contributed by atoms with Gasteiger partial charge in [0.05, 0.1) is 16.5 Å². The van der Waals surface area contributed by atoms with E-state index in [1.807, 2.05) is 4.72 Å². The summed E-state index contributed by atoms with van der Waals surface area (Å²) >= 11 is 0. The fourth-order valence-corrected chi connectivity index (χ4v) is 4.24. The number of hydrogen-bond acceptors (Lipinski definition) is 5. The molecule has 0 saturated carbocycles. The summed E-state index contributed by atoms with van der Waals surface area (Å²) in [6.07, 6.45) is -2.44. The number of halogens is 3. The zero-order valence-electron chi connectivity index (χ0n) is 14.0. The van der Waals surface area contributed by atoms with Gasteiger partial charge < -0.3 is 9.84 Å². The largest absolute Gasteiger partial charge is 0.457 e. The summed E-state index contributed by atoms with van der Waals surface area (Å²) < 4.78 is 61.1. The first-order valence-corrected chi connectivity index (χ1v) is 9.45. The maximum absolute atomic E-state index is 14.2. The number of nitrogens with one attached hydrogen (secondary N) is 1. The Hall–Kier alpha value is -3.21. The lowest BCUT2D eigenvalue weighted by Crippen LogP contribution is -2.22. The Kier molecular flexibility index (Phi) is 5.18. The van der Waals surface area contributed by atoms with Crippen LogP contribution in [0.15, 0.2) is 35.2 Å². The van der Waals surface area contributed by atoms with Crippen LogP contribution in [0, 0.1) is 28.6 Å². The fraction of sp³-hybridized carbons (Fsp3) is 0.167. The minimum absolute atomic E-state index is 0.0000580. The molecule has 28 heavy (non-hydrogen) atoms. The first kappa shape index (κ1) is 19.5. The van der Waals surface area contributed by atoms with Gasteiger partial charge in [-0.3, -0.25) is 0 Å². The second-order valence-electron chi connectivity index (χ2n) is 5.91. The normalized spacial score (nSPS) is 19.6. The van der Waals surface area contributed by atoms with Gasteiger partial charge in [0.25, 0.3) is 0 Å². The van der Waals surface area contributed by atoms with E-state index in [4.69, 9.17) is 15.3 Å². The molecule has 144 valence electrons. The van der Waals surface area contributed by atoms with Crippen molar-refractivity contribution < 1.29 is 27.2 Å². The van der Waals surface area contributed by atoms with Crippen LogP contribution in [0.2, 0.25) is 0 Å². The molecule has 3 atom stereocenters. The van der Waals surface area contributed by atoms with Crippen LogP contribution >= 0.6 is 0 Å². The Morgan fingerprint density at radius 1 is 1.32 bits per heavy atom. The van der Waals surface area contributed by atoms with E-state index in [1.54, 1.807) is 6.07 Å². The maximum Gasteiger partial charge on any atom is 0.189 e. The van der Waals surface area contributed by atoms with Gasteiger partial charge in [0.2, 0.25) is 0 Å². The predicted molar refractivity (Wildman–Crippen MR) is 93.5 cm³/mol. The molecular weight excluding hydrogens is 395 g/mol. The Bertz CT molecular complexity index is 1150. The van der Waals surface area contributed by atoms with Crippen LogP contribution < -0.4 is 9.46 Å². The summed E-state index contributed by atoms with van der Waals surface area (Å²) in [5.41, 5.74) is -0.283. The topological polar surface area (TPSA) is 106 Å². The van der Waals surface area contributed by atoms with E-state index in [9.17, 15) is 22.5 Å². The molecular formula is C18H12F3N3O3S. The molecule has 1 aliphatic carbocycles. The number of fused-ring (bicyclic) bond motifs is 1. The monoisotopic (exact) mass is 407 g/mol. The number of nitriles is 2. The first-order chi connectivity index (χ1) is 13.3. The van der Waals surface area contributed by atoms with Crippen molar-refractivity contribution in [3.8, 4) is 23.8 Å². The molecule has 1 aliphatic rings. The van der Waals surface area contributed by atoms with Crippen LogP contribution in [0.5, 0.6) is 11.5 Å². The Labute approximate surface area is 158 Å².